The van der Waals surface area contributed by atoms with Crippen LogP contribution in [0.4, 0.5) is 5.69 Å². The fourth-order valence-electron chi connectivity index (χ4n) is 3.26. The van der Waals surface area contributed by atoms with Crippen molar-refractivity contribution in [1.82, 2.24) is 15.1 Å². The van der Waals surface area contributed by atoms with Gasteiger partial charge in [-0.05, 0) is 45.0 Å². The van der Waals surface area contributed by atoms with Crippen molar-refractivity contribution in [3.8, 4) is 17.2 Å². The second-order valence-electron chi connectivity index (χ2n) is 6.75. The number of aromatic nitrogens is 2. The van der Waals surface area contributed by atoms with Gasteiger partial charge in [0.15, 0.2) is 17.5 Å². The van der Waals surface area contributed by atoms with Crippen LogP contribution in [0.3, 0.4) is 0 Å². The van der Waals surface area contributed by atoms with E-state index in [2.05, 4.69) is 34.7 Å². The molecule has 0 atom stereocenters. The highest BCUT2D eigenvalue weighted by Gasteiger charge is 2.13. The van der Waals surface area contributed by atoms with E-state index in [1.54, 1.807) is 14.2 Å². The van der Waals surface area contributed by atoms with E-state index in [4.69, 9.17) is 14.6 Å². The molecule has 3 rings (SSSR count). The number of benzene rings is 2. The predicted molar refractivity (Wildman–Crippen MR) is 136 cm³/mol. The van der Waals surface area contributed by atoms with Crippen molar-refractivity contribution in [2.75, 3.05) is 26.1 Å². The number of para-hydroxylation sites is 1. The molecule has 0 aliphatic heterocycles. The van der Waals surface area contributed by atoms with Crippen molar-refractivity contribution in [3.05, 3.63) is 65.5 Å². The van der Waals surface area contributed by atoms with Gasteiger partial charge in [-0.15, -0.1) is 24.0 Å². The van der Waals surface area contributed by atoms with Gasteiger partial charge in [0.05, 0.1) is 25.1 Å². The molecular formula is C23H30IN5O2. The molecule has 31 heavy (non-hydrogen) atoms. The Balaban J connectivity index is 0.00000341. The van der Waals surface area contributed by atoms with Gasteiger partial charge in [-0.2, -0.15) is 5.10 Å². The fourth-order valence-corrected chi connectivity index (χ4v) is 3.26. The standard InChI is InChI=1S/C23H29N5O2.HI/c1-6-30-21-13-12-18(14-22(21)29-5)26-23(24-4)25-15-20-16(2)27-28(17(20)3)19-10-8-7-9-11-19;/h7-14H,6,15H2,1-5H3,(H2,24,25,26);1H. The van der Waals surface area contributed by atoms with Crippen molar-refractivity contribution >= 4 is 35.6 Å². The van der Waals surface area contributed by atoms with E-state index >= 15 is 0 Å². The zero-order chi connectivity index (χ0) is 21.5. The smallest absolute Gasteiger partial charge is 0.195 e. The summed E-state index contributed by atoms with van der Waals surface area (Å²) in [5.41, 5.74) is 5.14. The monoisotopic (exact) mass is 535 g/mol. The van der Waals surface area contributed by atoms with Crippen LogP contribution in [0.15, 0.2) is 53.5 Å². The number of nitrogens with one attached hydrogen (secondary N) is 2. The number of aliphatic imine (C=N–C) groups is 1. The van der Waals surface area contributed by atoms with Crippen LogP contribution in [0.1, 0.15) is 23.9 Å². The third-order valence-corrected chi connectivity index (χ3v) is 4.82. The Bertz CT molecular complexity index is 1020. The van der Waals surface area contributed by atoms with E-state index in [9.17, 15) is 0 Å². The van der Waals surface area contributed by atoms with E-state index < -0.39 is 0 Å². The van der Waals surface area contributed by atoms with Gasteiger partial charge >= 0.3 is 0 Å². The first-order valence-corrected chi connectivity index (χ1v) is 9.96. The topological polar surface area (TPSA) is 72.7 Å². The maximum absolute atomic E-state index is 5.58. The largest absolute Gasteiger partial charge is 0.493 e. The van der Waals surface area contributed by atoms with Gasteiger partial charge in [0.1, 0.15) is 0 Å². The third kappa shape index (κ3) is 5.90. The van der Waals surface area contributed by atoms with Crippen molar-refractivity contribution in [3.63, 3.8) is 0 Å². The summed E-state index contributed by atoms with van der Waals surface area (Å²) in [6.07, 6.45) is 0. The Morgan fingerprint density at radius 1 is 1.10 bits per heavy atom. The SMILES string of the molecule is CCOc1ccc(NC(=NC)NCc2c(C)nn(-c3ccccc3)c2C)cc1OC.I. The Hall–Kier alpha value is -2.75. The zero-order valence-corrected chi connectivity index (χ0v) is 20.9. The molecule has 0 aliphatic carbocycles. The molecule has 0 fully saturated rings. The van der Waals surface area contributed by atoms with Crippen LogP contribution < -0.4 is 20.1 Å². The number of aryl methyl sites for hydroxylation is 1. The molecule has 0 bridgehead atoms. The molecule has 7 nitrogen and oxygen atoms in total. The minimum absolute atomic E-state index is 0. The first-order valence-electron chi connectivity index (χ1n) is 9.96. The quantitative estimate of drug-likeness (QED) is 0.261. The molecule has 0 saturated heterocycles. The van der Waals surface area contributed by atoms with Gasteiger partial charge in [-0.3, -0.25) is 4.99 Å². The van der Waals surface area contributed by atoms with Crippen LogP contribution in [-0.2, 0) is 6.54 Å². The molecule has 0 saturated carbocycles. The lowest BCUT2D eigenvalue weighted by molar-refractivity contribution is 0.311. The van der Waals surface area contributed by atoms with E-state index in [1.807, 2.05) is 54.9 Å². The summed E-state index contributed by atoms with van der Waals surface area (Å²) in [5.74, 6) is 2.05. The molecule has 166 valence electrons. The highest BCUT2D eigenvalue weighted by molar-refractivity contribution is 14.0. The zero-order valence-electron chi connectivity index (χ0n) is 18.6. The molecular weight excluding hydrogens is 505 g/mol. The summed E-state index contributed by atoms with van der Waals surface area (Å²) in [5, 5.41) is 11.4. The molecule has 0 spiro atoms. The van der Waals surface area contributed by atoms with Crippen LogP contribution in [0.2, 0.25) is 0 Å². The Morgan fingerprint density at radius 3 is 2.48 bits per heavy atom. The molecule has 8 heteroatoms. The Labute approximate surface area is 200 Å². The molecule has 0 unspecified atom stereocenters. The van der Waals surface area contributed by atoms with Crippen LogP contribution in [0.25, 0.3) is 5.69 Å². The summed E-state index contributed by atoms with van der Waals surface area (Å²) in [6.45, 7) is 7.25. The summed E-state index contributed by atoms with van der Waals surface area (Å²) in [4.78, 5) is 4.33. The van der Waals surface area contributed by atoms with Gasteiger partial charge in [-0.1, -0.05) is 18.2 Å². The Morgan fingerprint density at radius 2 is 1.84 bits per heavy atom. The highest BCUT2D eigenvalue weighted by atomic mass is 127. The van der Waals surface area contributed by atoms with Gasteiger partial charge in [0.25, 0.3) is 0 Å². The first kappa shape index (κ1) is 24.5. The molecule has 2 aromatic carbocycles. The summed E-state index contributed by atoms with van der Waals surface area (Å²) < 4.78 is 13.0. The number of nitrogens with zero attached hydrogens (tertiary/aromatic N) is 3. The van der Waals surface area contributed by atoms with Crippen molar-refractivity contribution in [2.24, 2.45) is 4.99 Å². The lowest BCUT2D eigenvalue weighted by atomic mass is 10.2. The molecule has 1 aromatic heterocycles. The lowest BCUT2D eigenvalue weighted by Gasteiger charge is -2.15. The number of methoxy groups -OCH3 is 1. The van der Waals surface area contributed by atoms with Crippen LogP contribution in [0, 0.1) is 13.8 Å². The van der Waals surface area contributed by atoms with Crippen LogP contribution >= 0.6 is 24.0 Å². The molecule has 2 N–H and O–H groups in total. The molecule has 3 aromatic rings. The Kier molecular flexibility index (Phi) is 9.17. The number of ether oxygens (including phenoxy) is 2. The first-order chi connectivity index (χ1) is 14.6. The number of anilines is 1. The van der Waals surface area contributed by atoms with E-state index in [-0.39, 0.29) is 24.0 Å². The maximum Gasteiger partial charge on any atom is 0.195 e. The maximum atomic E-state index is 5.58. The van der Waals surface area contributed by atoms with Gasteiger partial charge in [-0.25, -0.2) is 4.68 Å². The van der Waals surface area contributed by atoms with Gasteiger partial charge in [0, 0.05) is 36.6 Å². The lowest BCUT2D eigenvalue weighted by Crippen LogP contribution is -2.30. The minimum Gasteiger partial charge on any atom is -0.493 e. The summed E-state index contributed by atoms with van der Waals surface area (Å²) >= 11 is 0. The van der Waals surface area contributed by atoms with E-state index in [1.165, 1.54) is 0 Å². The number of rotatable bonds is 7. The van der Waals surface area contributed by atoms with Crippen LogP contribution in [0.5, 0.6) is 11.5 Å². The van der Waals surface area contributed by atoms with Crippen molar-refractivity contribution < 1.29 is 9.47 Å². The highest BCUT2D eigenvalue weighted by Crippen LogP contribution is 2.30. The van der Waals surface area contributed by atoms with Crippen molar-refractivity contribution in [2.45, 2.75) is 27.3 Å². The summed E-state index contributed by atoms with van der Waals surface area (Å²) in [7, 11) is 3.37. The average Bonchev–Trinajstić information content (AvgIpc) is 3.06. The molecule has 0 aliphatic rings. The number of halogens is 1. The van der Waals surface area contributed by atoms with Gasteiger partial charge in [0.2, 0.25) is 0 Å². The normalized spacial score (nSPS) is 10.9. The van der Waals surface area contributed by atoms with Crippen LogP contribution in [-0.4, -0.2) is 36.5 Å². The minimum atomic E-state index is 0. The van der Waals surface area contributed by atoms with Gasteiger partial charge < -0.3 is 20.1 Å². The molecule has 0 radical (unpaired) electrons. The fraction of sp³-hybridized carbons (Fsp3) is 0.304. The van der Waals surface area contributed by atoms with E-state index in [0.717, 1.165) is 28.3 Å². The second-order valence-corrected chi connectivity index (χ2v) is 6.75. The molecule has 0 amide bonds. The van der Waals surface area contributed by atoms with E-state index in [0.29, 0.717) is 30.6 Å². The summed E-state index contributed by atoms with van der Waals surface area (Å²) in [6, 6.07) is 15.8. The second kappa shape index (κ2) is 11.6. The number of guanidine groups is 1. The number of hydrogen-bond donors (Lipinski definition) is 2. The van der Waals surface area contributed by atoms with Crippen molar-refractivity contribution in [1.29, 1.82) is 0 Å². The number of hydrogen-bond acceptors (Lipinski definition) is 4. The third-order valence-electron chi connectivity index (χ3n) is 4.82. The predicted octanol–water partition coefficient (Wildman–Crippen LogP) is 4.70. The average molecular weight is 535 g/mol. The molecule has 1 heterocycles.